The maximum Gasteiger partial charge on any atom is 0.218 e. The van der Waals surface area contributed by atoms with Crippen molar-refractivity contribution < 1.29 is 8.42 Å². The topological polar surface area (TPSA) is 63.4 Å². The van der Waals surface area contributed by atoms with Crippen molar-refractivity contribution in [3.8, 4) is 0 Å². The van der Waals surface area contributed by atoms with Crippen molar-refractivity contribution in [3.05, 3.63) is 34.9 Å². The molecule has 4 nitrogen and oxygen atoms in total. The minimum atomic E-state index is -3.33. The maximum atomic E-state index is 12.5. The average molecular weight is 317 g/mol. The summed E-state index contributed by atoms with van der Waals surface area (Å²) in [5, 5.41) is 0.497. The van der Waals surface area contributed by atoms with Crippen LogP contribution < -0.4 is 5.73 Å². The van der Waals surface area contributed by atoms with Gasteiger partial charge in [-0.3, -0.25) is 0 Å². The second kappa shape index (κ2) is 6.43. The van der Waals surface area contributed by atoms with Gasteiger partial charge in [-0.05, 0) is 37.3 Å². The molecule has 1 heterocycles. The molecule has 0 unspecified atom stereocenters. The zero-order chi connectivity index (χ0) is 14.8. The van der Waals surface area contributed by atoms with E-state index in [0.29, 0.717) is 23.7 Å². The monoisotopic (exact) mass is 316 g/mol. The molecule has 1 saturated heterocycles. The van der Waals surface area contributed by atoms with Crippen molar-refractivity contribution in [1.29, 1.82) is 0 Å². The second-order valence-corrected chi connectivity index (χ2v) is 7.84. The minimum absolute atomic E-state index is 0.0216. The van der Waals surface area contributed by atoms with Crippen molar-refractivity contribution in [2.24, 2.45) is 11.7 Å². The highest BCUT2D eigenvalue weighted by Gasteiger charge is 2.30. The smallest absolute Gasteiger partial charge is 0.218 e. The van der Waals surface area contributed by atoms with Crippen LogP contribution in [-0.4, -0.2) is 31.9 Å². The molecule has 2 rings (SSSR count). The van der Waals surface area contributed by atoms with E-state index in [2.05, 4.69) is 0 Å². The second-order valence-electron chi connectivity index (χ2n) is 5.47. The molecule has 0 aliphatic carbocycles. The standard InChI is InChI=1S/C14H21ClN2O2S/c1-11(16)12-6-4-8-17(9-12)20(18,19)10-13-5-2-3-7-14(13)15/h2-3,5,7,11-12H,4,6,8-10,16H2,1H3/t11-,12+/m1/s1. The Hall–Kier alpha value is -0.620. The van der Waals surface area contributed by atoms with Crippen LogP contribution in [0.2, 0.25) is 5.02 Å². The first-order valence-electron chi connectivity index (χ1n) is 6.87. The fourth-order valence-electron chi connectivity index (χ4n) is 2.56. The molecule has 1 aromatic carbocycles. The molecule has 0 amide bonds. The van der Waals surface area contributed by atoms with Crippen LogP contribution in [-0.2, 0) is 15.8 Å². The van der Waals surface area contributed by atoms with E-state index in [4.69, 9.17) is 17.3 Å². The van der Waals surface area contributed by atoms with Gasteiger partial charge in [-0.1, -0.05) is 29.8 Å². The van der Waals surface area contributed by atoms with Gasteiger partial charge in [-0.2, -0.15) is 0 Å². The summed E-state index contributed by atoms with van der Waals surface area (Å²) in [7, 11) is -3.33. The van der Waals surface area contributed by atoms with E-state index in [1.165, 1.54) is 0 Å². The summed E-state index contributed by atoms with van der Waals surface area (Å²) < 4.78 is 26.6. The first-order chi connectivity index (χ1) is 9.40. The van der Waals surface area contributed by atoms with Gasteiger partial charge < -0.3 is 5.73 Å². The Morgan fingerprint density at radius 1 is 1.45 bits per heavy atom. The van der Waals surface area contributed by atoms with Gasteiger partial charge in [0.2, 0.25) is 10.0 Å². The average Bonchev–Trinajstić information content (AvgIpc) is 2.41. The Morgan fingerprint density at radius 3 is 2.80 bits per heavy atom. The van der Waals surface area contributed by atoms with E-state index in [0.717, 1.165) is 12.8 Å². The fourth-order valence-corrected chi connectivity index (χ4v) is 4.49. The van der Waals surface area contributed by atoms with Crippen LogP contribution in [0.25, 0.3) is 0 Å². The van der Waals surface area contributed by atoms with E-state index in [9.17, 15) is 8.42 Å². The molecule has 0 spiro atoms. The highest BCUT2D eigenvalue weighted by Crippen LogP contribution is 2.25. The van der Waals surface area contributed by atoms with Gasteiger partial charge in [0.1, 0.15) is 0 Å². The molecule has 1 aliphatic rings. The first kappa shape index (κ1) is 15.8. The summed E-state index contributed by atoms with van der Waals surface area (Å²) in [4.78, 5) is 0. The summed E-state index contributed by atoms with van der Waals surface area (Å²) in [6.45, 7) is 3.04. The largest absolute Gasteiger partial charge is 0.328 e. The van der Waals surface area contributed by atoms with Gasteiger partial charge >= 0.3 is 0 Å². The fraction of sp³-hybridized carbons (Fsp3) is 0.571. The third-order valence-corrected chi connectivity index (χ3v) is 6.02. The van der Waals surface area contributed by atoms with Gasteiger partial charge in [0.05, 0.1) is 5.75 Å². The molecule has 1 fully saturated rings. The van der Waals surface area contributed by atoms with Crippen LogP contribution in [0.3, 0.4) is 0 Å². The molecule has 1 aromatic rings. The number of nitrogens with zero attached hydrogens (tertiary/aromatic N) is 1. The predicted octanol–water partition coefficient (Wildman–Crippen LogP) is 2.23. The summed E-state index contributed by atoms with van der Waals surface area (Å²) >= 11 is 6.05. The molecule has 0 bridgehead atoms. The molecular weight excluding hydrogens is 296 g/mol. The van der Waals surface area contributed by atoms with Crippen LogP contribution in [0.5, 0.6) is 0 Å². The Labute approximate surface area is 126 Å². The quantitative estimate of drug-likeness (QED) is 0.926. The molecule has 1 aliphatic heterocycles. The number of nitrogens with two attached hydrogens (primary N) is 1. The van der Waals surface area contributed by atoms with Crippen molar-refractivity contribution in [2.45, 2.75) is 31.6 Å². The Kier molecular flexibility index (Phi) is 5.07. The summed E-state index contributed by atoms with van der Waals surface area (Å²) in [6, 6.07) is 7.09. The van der Waals surface area contributed by atoms with Crippen LogP contribution in [0.15, 0.2) is 24.3 Å². The molecule has 2 atom stereocenters. The molecule has 112 valence electrons. The first-order valence-corrected chi connectivity index (χ1v) is 8.85. The van der Waals surface area contributed by atoms with Crippen LogP contribution in [0, 0.1) is 5.92 Å². The number of benzene rings is 1. The third kappa shape index (κ3) is 3.73. The number of hydrogen-bond donors (Lipinski definition) is 1. The molecule has 20 heavy (non-hydrogen) atoms. The summed E-state index contributed by atoms with van der Waals surface area (Å²) in [6.07, 6.45) is 1.86. The molecule has 0 radical (unpaired) electrons. The highest BCUT2D eigenvalue weighted by atomic mass is 35.5. The van der Waals surface area contributed by atoms with E-state index in [1.807, 2.05) is 6.92 Å². The normalized spacial score (nSPS) is 22.6. The van der Waals surface area contributed by atoms with Gasteiger partial charge in [-0.25, -0.2) is 12.7 Å². The highest BCUT2D eigenvalue weighted by molar-refractivity contribution is 7.88. The van der Waals surface area contributed by atoms with E-state index in [1.54, 1.807) is 28.6 Å². The number of piperidine rings is 1. The van der Waals surface area contributed by atoms with Gasteiger partial charge in [0, 0.05) is 24.2 Å². The summed E-state index contributed by atoms with van der Waals surface area (Å²) in [5.41, 5.74) is 6.56. The van der Waals surface area contributed by atoms with Crippen LogP contribution in [0.4, 0.5) is 0 Å². The zero-order valence-corrected chi connectivity index (χ0v) is 13.2. The minimum Gasteiger partial charge on any atom is -0.328 e. The van der Waals surface area contributed by atoms with E-state index in [-0.39, 0.29) is 17.7 Å². The lowest BCUT2D eigenvalue weighted by Crippen LogP contribution is -2.45. The zero-order valence-electron chi connectivity index (χ0n) is 11.6. The Balaban J connectivity index is 2.12. The van der Waals surface area contributed by atoms with Gasteiger partial charge in [0.25, 0.3) is 0 Å². The van der Waals surface area contributed by atoms with Crippen LogP contribution >= 0.6 is 11.6 Å². The van der Waals surface area contributed by atoms with E-state index < -0.39 is 10.0 Å². The lowest BCUT2D eigenvalue weighted by molar-refractivity contribution is 0.243. The lowest BCUT2D eigenvalue weighted by atomic mass is 9.93. The van der Waals surface area contributed by atoms with Crippen molar-refractivity contribution in [2.75, 3.05) is 13.1 Å². The number of rotatable bonds is 4. The third-order valence-electron chi connectivity index (χ3n) is 3.85. The summed E-state index contributed by atoms with van der Waals surface area (Å²) in [5.74, 6) is 0.197. The van der Waals surface area contributed by atoms with Gasteiger partial charge in [-0.15, -0.1) is 0 Å². The predicted molar refractivity (Wildman–Crippen MR) is 82.0 cm³/mol. The molecule has 0 aromatic heterocycles. The number of halogens is 1. The Bertz CT molecular complexity index is 560. The molecular formula is C14H21ClN2O2S. The van der Waals surface area contributed by atoms with Crippen LogP contribution in [0.1, 0.15) is 25.3 Å². The van der Waals surface area contributed by atoms with Crippen molar-refractivity contribution in [1.82, 2.24) is 4.31 Å². The number of hydrogen-bond acceptors (Lipinski definition) is 3. The molecule has 2 N–H and O–H groups in total. The molecule has 0 saturated carbocycles. The van der Waals surface area contributed by atoms with Gasteiger partial charge in [0.15, 0.2) is 0 Å². The lowest BCUT2D eigenvalue weighted by Gasteiger charge is -2.33. The molecule has 6 heteroatoms. The Morgan fingerprint density at radius 2 is 2.15 bits per heavy atom. The van der Waals surface area contributed by atoms with Crippen molar-refractivity contribution in [3.63, 3.8) is 0 Å². The van der Waals surface area contributed by atoms with E-state index >= 15 is 0 Å². The maximum absolute atomic E-state index is 12.5. The SMILES string of the molecule is C[C@@H](N)[C@H]1CCCN(S(=O)(=O)Cc2ccccc2Cl)C1. The van der Waals surface area contributed by atoms with Crippen molar-refractivity contribution >= 4 is 21.6 Å². The number of sulfonamides is 1.